The predicted molar refractivity (Wildman–Crippen MR) is 71.3 cm³/mol. The fraction of sp³-hybridized carbons (Fsp3) is 0.643. The molecule has 0 saturated carbocycles. The number of hydrogen-bond donors (Lipinski definition) is 0. The van der Waals surface area contributed by atoms with E-state index in [4.69, 9.17) is 9.47 Å². The summed E-state index contributed by atoms with van der Waals surface area (Å²) in [6.07, 6.45) is 5.93. The van der Waals surface area contributed by atoms with Crippen LogP contribution in [0.4, 0.5) is 0 Å². The third kappa shape index (κ3) is 2.53. The van der Waals surface area contributed by atoms with Crippen LogP contribution in [0.3, 0.4) is 0 Å². The van der Waals surface area contributed by atoms with Crippen LogP contribution in [0.25, 0.3) is 0 Å². The molecule has 1 spiro atoms. The molecule has 0 unspecified atom stereocenters. The van der Waals surface area contributed by atoms with Gasteiger partial charge in [0.25, 0.3) is 5.91 Å². The second-order valence-corrected chi connectivity index (χ2v) is 5.48. The van der Waals surface area contributed by atoms with E-state index in [1.54, 1.807) is 19.4 Å². The van der Waals surface area contributed by atoms with Gasteiger partial charge in [-0.25, -0.2) is 9.97 Å². The van der Waals surface area contributed by atoms with Gasteiger partial charge >= 0.3 is 0 Å². The quantitative estimate of drug-likeness (QED) is 0.803. The number of ether oxygens (including phenoxy) is 2. The number of carbonyl (C=O) groups is 1. The average Bonchev–Trinajstić information content (AvgIpc) is 2.90. The molecule has 2 atom stereocenters. The van der Waals surface area contributed by atoms with Crippen molar-refractivity contribution in [2.45, 2.75) is 31.0 Å². The molecule has 2 fully saturated rings. The van der Waals surface area contributed by atoms with E-state index in [9.17, 15) is 4.79 Å². The van der Waals surface area contributed by atoms with Crippen molar-refractivity contribution in [3.8, 4) is 0 Å². The zero-order valence-electron chi connectivity index (χ0n) is 11.6. The number of piperidine rings is 1. The second kappa shape index (κ2) is 5.46. The lowest BCUT2D eigenvalue weighted by Crippen LogP contribution is -2.50. The zero-order valence-corrected chi connectivity index (χ0v) is 11.6. The molecular weight excluding hydrogens is 258 g/mol. The van der Waals surface area contributed by atoms with E-state index in [1.165, 1.54) is 6.33 Å². The summed E-state index contributed by atoms with van der Waals surface area (Å²) < 4.78 is 11.3. The molecule has 2 saturated heterocycles. The maximum Gasteiger partial charge on any atom is 0.272 e. The van der Waals surface area contributed by atoms with E-state index in [0.29, 0.717) is 18.8 Å². The van der Waals surface area contributed by atoms with Crippen LogP contribution in [0.5, 0.6) is 0 Å². The van der Waals surface area contributed by atoms with Gasteiger partial charge in [0, 0.05) is 26.3 Å². The van der Waals surface area contributed by atoms with Crippen LogP contribution in [-0.4, -0.2) is 59.3 Å². The lowest BCUT2D eigenvalue weighted by Gasteiger charge is -2.39. The van der Waals surface area contributed by atoms with Gasteiger partial charge in [0.1, 0.15) is 12.0 Å². The zero-order chi connectivity index (χ0) is 14.0. The minimum absolute atomic E-state index is 0.0454. The Bertz CT molecular complexity index is 482. The van der Waals surface area contributed by atoms with Crippen LogP contribution in [0.15, 0.2) is 18.6 Å². The Kier molecular flexibility index (Phi) is 3.67. The van der Waals surface area contributed by atoms with Crippen molar-refractivity contribution in [2.24, 2.45) is 0 Å². The van der Waals surface area contributed by atoms with Crippen molar-refractivity contribution in [2.75, 3.05) is 26.8 Å². The molecule has 2 aliphatic heterocycles. The largest absolute Gasteiger partial charge is 0.379 e. The van der Waals surface area contributed by atoms with Gasteiger partial charge in [0.15, 0.2) is 0 Å². The van der Waals surface area contributed by atoms with Crippen molar-refractivity contribution in [3.05, 3.63) is 24.3 Å². The molecule has 1 aromatic heterocycles. The fourth-order valence-electron chi connectivity index (χ4n) is 3.09. The molecule has 0 aliphatic carbocycles. The van der Waals surface area contributed by atoms with Gasteiger partial charge in [0.05, 0.1) is 24.9 Å². The third-order valence-electron chi connectivity index (χ3n) is 4.14. The number of rotatable bonds is 2. The number of likely N-dealkylation sites (tertiary alicyclic amines) is 1. The SMILES string of the molecule is CO[C@H]1CO[C@@]2(CCCN(C(=O)c3ccncn3)C2)C1. The molecule has 20 heavy (non-hydrogen) atoms. The van der Waals surface area contributed by atoms with Gasteiger partial charge in [-0.1, -0.05) is 0 Å². The number of methoxy groups -OCH3 is 1. The minimum atomic E-state index is -0.235. The van der Waals surface area contributed by atoms with Gasteiger partial charge < -0.3 is 14.4 Å². The second-order valence-electron chi connectivity index (χ2n) is 5.48. The van der Waals surface area contributed by atoms with Crippen LogP contribution in [0.2, 0.25) is 0 Å². The van der Waals surface area contributed by atoms with Gasteiger partial charge in [-0.3, -0.25) is 4.79 Å². The average molecular weight is 277 g/mol. The van der Waals surface area contributed by atoms with E-state index in [1.807, 2.05) is 4.90 Å². The Morgan fingerprint density at radius 1 is 1.60 bits per heavy atom. The van der Waals surface area contributed by atoms with Crippen LogP contribution in [0, 0.1) is 0 Å². The van der Waals surface area contributed by atoms with Crippen molar-refractivity contribution in [1.82, 2.24) is 14.9 Å². The highest BCUT2D eigenvalue weighted by molar-refractivity contribution is 5.92. The number of aromatic nitrogens is 2. The molecule has 2 aliphatic rings. The van der Waals surface area contributed by atoms with Gasteiger partial charge in [-0.05, 0) is 18.9 Å². The number of carbonyl (C=O) groups excluding carboxylic acids is 1. The van der Waals surface area contributed by atoms with Crippen molar-refractivity contribution in [1.29, 1.82) is 0 Å². The summed E-state index contributed by atoms with van der Waals surface area (Å²) in [6, 6.07) is 1.65. The first-order chi connectivity index (χ1) is 9.72. The summed E-state index contributed by atoms with van der Waals surface area (Å²) in [4.78, 5) is 22.2. The van der Waals surface area contributed by atoms with Crippen molar-refractivity contribution >= 4 is 5.91 Å². The maximum absolute atomic E-state index is 12.4. The van der Waals surface area contributed by atoms with Crippen LogP contribution < -0.4 is 0 Å². The lowest BCUT2D eigenvalue weighted by molar-refractivity contribution is -0.0459. The third-order valence-corrected chi connectivity index (χ3v) is 4.14. The predicted octanol–water partition coefficient (Wildman–Crippen LogP) is 0.887. The molecular formula is C14H19N3O3. The molecule has 0 aromatic carbocycles. The Morgan fingerprint density at radius 3 is 3.20 bits per heavy atom. The summed E-state index contributed by atoms with van der Waals surface area (Å²) >= 11 is 0. The molecule has 3 heterocycles. The number of amides is 1. The van der Waals surface area contributed by atoms with Gasteiger partial charge in [0.2, 0.25) is 0 Å². The molecule has 3 rings (SSSR count). The molecule has 0 N–H and O–H groups in total. The Hall–Kier alpha value is -1.53. The number of nitrogens with zero attached hydrogens (tertiary/aromatic N) is 3. The highest BCUT2D eigenvalue weighted by Crippen LogP contribution is 2.35. The first-order valence-electron chi connectivity index (χ1n) is 6.94. The molecule has 0 bridgehead atoms. The standard InChI is InChI=1S/C14H19N3O3/c1-19-11-7-14(20-8-11)4-2-6-17(9-14)13(18)12-3-5-15-10-16-12/h3,5,10-11H,2,4,6-9H2,1H3/t11-,14+/m1/s1. The summed E-state index contributed by atoms with van der Waals surface area (Å²) in [5, 5.41) is 0. The topological polar surface area (TPSA) is 64.6 Å². The van der Waals surface area contributed by atoms with Crippen molar-refractivity contribution < 1.29 is 14.3 Å². The van der Waals surface area contributed by atoms with Crippen LogP contribution in [0.1, 0.15) is 29.8 Å². The van der Waals surface area contributed by atoms with Gasteiger partial charge in [-0.2, -0.15) is 0 Å². The molecule has 1 aromatic rings. The van der Waals surface area contributed by atoms with E-state index in [2.05, 4.69) is 9.97 Å². The van der Waals surface area contributed by atoms with E-state index < -0.39 is 0 Å². The smallest absolute Gasteiger partial charge is 0.272 e. The molecule has 0 radical (unpaired) electrons. The van der Waals surface area contributed by atoms with Crippen molar-refractivity contribution in [3.63, 3.8) is 0 Å². The first kappa shape index (κ1) is 13.5. The van der Waals surface area contributed by atoms with Crippen LogP contribution >= 0.6 is 0 Å². The summed E-state index contributed by atoms with van der Waals surface area (Å²) in [7, 11) is 1.71. The molecule has 108 valence electrons. The highest BCUT2D eigenvalue weighted by Gasteiger charge is 2.44. The summed E-state index contributed by atoms with van der Waals surface area (Å²) in [5.74, 6) is -0.0454. The monoisotopic (exact) mass is 277 g/mol. The minimum Gasteiger partial charge on any atom is -0.379 e. The first-order valence-corrected chi connectivity index (χ1v) is 6.94. The highest BCUT2D eigenvalue weighted by atomic mass is 16.6. The molecule has 1 amide bonds. The lowest BCUT2D eigenvalue weighted by atomic mass is 9.89. The molecule has 6 nitrogen and oxygen atoms in total. The van der Waals surface area contributed by atoms with E-state index in [0.717, 1.165) is 25.8 Å². The summed E-state index contributed by atoms with van der Waals surface area (Å²) in [6.45, 7) is 1.99. The normalized spacial score (nSPS) is 29.9. The Balaban J connectivity index is 1.71. The fourth-order valence-corrected chi connectivity index (χ4v) is 3.09. The summed E-state index contributed by atoms with van der Waals surface area (Å²) in [5.41, 5.74) is 0.208. The maximum atomic E-state index is 12.4. The van der Waals surface area contributed by atoms with E-state index >= 15 is 0 Å². The molecule has 6 heteroatoms. The Morgan fingerprint density at radius 2 is 2.50 bits per heavy atom. The van der Waals surface area contributed by atoms with Gasteiger partial charge in [-0.15, -0.1) is 0 Å². The van der Waals surface area contributed by atoms with E-state index in [-0.39, 0.29) is 17.6 Å². The number of hydrogen-bond acceptors (Lipinski definition) is 5. The Labute approximate surface area is 118 Å². The van der Waals surface area contributed by atoms with Crippen LogP contribution in [-0.2, 0) is 9.47 Å².